The van der Waals surface area contributed by atoms with Gasteiger partial charge < -0.3 is 4.74 Å². The summed E-state index contributed by atoms with van der Waals surface area (Å²) >= 11 is 5.70. The number of esters is 1. The van der Waals surface area contributed by atoms with Crippen LogP contribution in [0.2, 0.25) is 5.02 Å². The molecule has 0 N–H and O–H groups in total. The van der Waals surface area contributed by atoms with E-state index in [1.54, 1.807) is 6.07 Å². The van der Waals surface area contributed by atoms with E-state index >= 15 is 0 Å². The van der Waals surface area contributed by atoms with Crippen LogP contribution in [0.4, 0.5) is 0 Å². The first kappa shape index (κ1) is 15.2. The molecule has 0 aliphatic carbocycles. The third-order valence-corrected chi connectivity index (χ3v) is 2.98. The number of halogens is 1. The van der Waals surface area contributed by atoms with Gasteiger partial charge in [-0.3, -0.25) is 4.79 Å². The van der Waals surface area contributed by atoms with E-state index < -0.39 is 11.8 Å². The molecule has 2 aromatic carbocycles. The van der Waals surface area contributed by atoms with Crippen molar-refractivity contribution in [2.45, 2.75) is 0 Å². The van der Waals surface area contributed by atoms with Gasteiger partial charge in [-0.05, 0) is 42.5 Å². The van der Waals surface area contributed by atoms with Crippen molar-refractivity contribution >= 4 is 23.4 Å². The van der Waals surface area contributed by atoms with E-state index in [0.717, 1.165) is 0 Å². The number of carbonyl (C=O) groups excluding carboxylic acids is 2. The number of rotatable bonds is 3. The smallest absolute Gasteiger partial charge is 0.385 e. The number of nitrogens with zero attached hydrogens (tertiary/aromatic N) is 2. The Kier molecular flexibility index (Phi) is 4.53. The Bertz CT molecular complexity index is 830. The van der Waals surface area contributed by atoms with E-state index in [1.165, 1.54) is 42.5 Å². The number of ketones is 1. The van der Waals surface area contributed by atoms with E-state index in [4.69, 9.17) is 26.9 Å². The van der Waals surface area contributed by atoms with Crippen LogP contribution >= 0.6 is 11.6 Å². The fourth-order valence-electron chi connectivity index (χ4n) is 1.64. The van der Waals surface area contributed by atoms with Gasteiger partial charge in [-0.2, -0.15) is 10.5 Å². The molecule has 0 amide bonds. The highest BCUT2D eigenvalue weighted by molar-refractivity contribution is 6.41. The molecule has 5 nitrogen and oxygen atoms in total. The number of ether oxygens (including phenoxy) is 1. The molecule has 0 aliphatic heterocycles. The highest BCUT2D eigenvalue weighted by Gasteiger charge is 2.20. The third-order valence-electron chi connectivity index (χ3n) is 2.72. The lowest BCUT2D eigenvalue weighted by Crippen LogP contribution is -2.20. The molecule has 22 heavy (non-hydrogen) atoms. The van der Waals surface area contributed by atoms with Gasteiger partial charge in [0.25, 0.3) is 5.78 Å². The minimum Gasteiger partial charge on any atom is -0.419 e. The highest BCUT2D eigenvalue weighted by atomic mass is 35.5. The zero-order valence-corrected chi connectivity index (χ0v) is 11.8. The minimum absolute atomic E-state index is 0.00342. The number of hydrogen-bond donors (Lipinski definition) is 0. The van der Waals surface area contributed by atoms with Crippen molar-refractivity contribution in [3.05, 3.63) is 64.2 Å². The molecule has 0 aliphatic rings. The molecule has 0 radical (unpaired) electrons. The second-order valence-electron chi connectivity index (χ2n) is 4.16. The van der Waals surface area contributed by atoms with Crippen LogP contribution in [0.5, 0.6) is 5.75 Å². The summed E-state index contributed by atoms with van der Waals surface area (Å²) in [5, 5.41) is 18.2. The molecule has 0 saturated heterocycles. The minimum atomic E-state index is -1.12. The van der Waals surface area contributed by atoms with Gasteiger partial charge in [0, 0.05) is 10.6 Å². The SMILES string of the molecule is N#Cc1ccc(OC(=O)C(=O)c2ccc(Cl)cc2)c(C#N)c1. The maximum atomic E-state index is 11.9. The Morgan fingerprint density at radius 3 is 2.27 bits per heavy atom. The van der Waals surface area contributed by atoms with Crippen molar-refractivity contribution in [2.24, 2.45) is 0 Å². The second-order valence-corrected chi connectivity index (χ2v) is 4.60. The Morgan fingerprint density at radius 1 is 1.00 bits per heavy atom. The van der Waals surface area contributed by atoms with Gasteiger partial charge >= 0.3 is 5.97 Å². The first-order valence-electron chi connectivity index (χ1n) is 6.01. The van der Waals surface area contributed by atoms with Crippen molar-refractivity contribution < 1.29 is 14.3 Å². The molecule has 0 heterocycles. The van der Waals surface area contributed by atoms with Gasteiger partial charge in [0.2, 0.25) is 0 Å². The Balaban J connectivity index is 2.22. The predicted molar refractivity (Wildman–Crippen MR) is 77.3 cm³/mol. The second kappa shape index (κ2) is 6.53. The zero-order valence-electron chi connectivity index (χ0n) is 11.0. The molecule has 0 fully saturated rings. The van der Waals surface area contributed by atoms with E-state index in [1.807, 2.05) is 6.07 Å². The first-order valence-corrected chi connectivity index (χ1v) is 6.39. The van der Waals surface area contributed by atoms with E-state index in [2.05, 4.69) is 0 Å². The predicted octanol–water partition coefficient (Wildman–Crippen LogP) is 2.87. The van der Waals surface area contributed by atoms with Crippen LogP contribution in [0.25, 0.3) is 0 Å². The third kappa shape index (κ3) is 3.29. The van der Waals surface area contributed by atoms with Gasteiger partial charge in [-0.25, -0.2) is 4.79 Å². The number of Topliss-reactive ketones (excluding diaryl/α,β-unsaturated/α-hetero) is 1. The zero-order chi connectivity index (χ0) is 16.1. The van der Waals surface area contributed by atoms with Crippen LogP contribution < -0.4 is 4.74 Å². The maximum absolute atomic E-state index is 11.9. The molecule has 0 unspecified atom stereocenters. The van der Waals surface area contributed by atoms with E-state index in [-0.39, 0.29) is 22.4 Å². The summed E-state index contributed by atoms with van der Waals surface area (Å²) < 4.78 is 4.93. The highest BCUT2D eigenvalue weighted by Crippen LogP contribution is 2.20. The van der Waals surface area contributed by atoms with E-state index in [0.29, 0.717) is 5.02 Å². The monoisotopic (exact) mass is 310 g/mol. The molecule has 2 rings (SSSR count). The lowest BCUT2D eigenvalue weighted by molar-refractivity contribution is -0.129. The van der Waals surface area contributed by atoms with Gasteiger partial charge in [-0.1, -0.05) is 11.6 Å². The van der Waals surface area contributed by atoms with Gasteiger partial charge in [0.15, 0.2) is 0 Å². The number of nitriles is 2. The summed E-state index contributed by atoms with van der Waals surface area (Å²) in [6.07, 6.45) is 0. The molecule has 0 aromatic heterocycles. The fraction of sp³-hybridized carbons (Fsp3) is 0. The summed E-state index contributed by atoms with van der Waals surface area (Å²) in [7, 11) is 0. The Labute approximate surface area is 130 Å². The number of benzene rings is 2. The molecule has 2 aromatic rings. The van der Waals surface area contributed by atoms with Crippen molar-refractivity contribution in [1.29, 1.82) is 10.5 Å². The normalized spacial score (nSPS) is 9.41. The first-order chi connectivity index (χ1) is 10.5. The van der Waals surface area contributed by atoms with Crippen molar-refractivity contribution in [3.8, 4) is 17.9 Å². The Hall–Kier alpha value is -3.15. The number of hydrogen-bond acceptors (Lipinski definition) is 5. The fourth-order valence-corrected chi connectivity index (χ4v) is 1.77. The maximum Gasteiger partial charge on any atom is 0.385 e. The lowest BCUT2D eigenvalue weighted by Gasteiger charge is -2.05. The average molecular weight is 311 g/mol. The molecule has 106 valence electrons. The summed E-state index contributed by atoms with van der Waals surface area (Å²) in [5.74, 6) is -2.05. The summed E-state index contributed by atoms with van der Waals surface area (Å²) in [6.45, 7) is 0. The number of carbonyl (C=O) groups is 2. The van der Waals surface area contributed by atoms with Crippen LogP contribution in [0.3, 0.4) is 0 Å². The summed E-state index contributed by atoms with van der Waals surface area (Å²) in [4.78, 5) is 23.8. The molecular formula is C16H7ClN2O3. The molecular weight excluding hydrogens is 304 g/mol. The van der Waals surface area contributed by atoms with Crippen molar-refractivity contribution in [1.82, 2.24) is 0 Å². The molecule has 0 spiro atoms. The molecule has 0 bridgehead atoms. The quantitative estimate of drug-likeness (QED) is 0.376. The Morgan fingerprint density at radius 2 is 1.68 bits per heavy atom. The van der Waals surface area contributed by atoms with Crippen LogP contribution in [0, 0.1) is 22.7 Å². The standard InChI is InChI=1S/C16H7ClN2O3/c17-13-4-2-11(3-5-13)15(20)16(21)22-14-6-1-10(8-18)7-12(14)9-19/h1-7H. The molecule has 0 saturated carbocycles. The van der Waals surface area contributed by atoms with Gasteiger partial charge in [0.05, 0.1) is 17.2 Å². The summed E-state index contributed by atoms with van der Waals surface area (Å²) in [6, 6.07) is 13.4. The van der Waals surface area contributed by atoms with Gasteiger partial charge in [0.1, 0.15) is 11.8 Å². The van der Waals surface area contributed by atoms with Crippen LogP contribution in [0.15, 0.2) is 42.5 Å². The van der Waals surface area contributed by atoms with Crippen molar-refractivity contribution in [2.75, 3.05) is 0 Å². The van der Waals surface area contributed by atoms with Gasteiger partial charge in [-0.15, -0.1) is 0 Å². The topological polar surface area (TPSA) is 90.9 Å². The average Bonchev–Trinajstić information content (AvgIpc) is 2.55. The van der Waals surface area contributed by atoms with Crippen LogP contribution in [0.1, 0.15) is 21.5 Å². The molecule has 0 atom stereocenters. The largest absolute Gasteiger partial charge is 0.419 e. The lowest BCUT2D eigenvalue weighted by atomic mass is 10.1. The van der Waals surface area contributed by atoms with Crippen molar-refractivity contribution in [3.63, 3.8) is 0 Å². The molecule has 6 heteroatoms. The van der Waals surface area contributed by atoms with E-state index in [9.17, 15) is 9.59 Å². The van der Waals surface area contributed by atoms with Crippen LogP contribution in [-0.4, -0.2) is 11.8 Å². The van der Waals surface area contributed by atoms with Crippen LogP contribution in [-0.2, 0) is 4.79 Å². The summed E-state index contributed by atoms with van der Waals surface area (Å²) in [5.41, 5.74) is 0.373.